The van der Waals surface area contributed by atoms with E-state index in [4.69, 9.17) is 10.5 Å². The Bertz CT molecular complexity index is 555. The lowest BCUT2D eigenvalue weighted by Gasteiger charge is -2.18. The molecule has 2 rings (SSSR count). The van der Waals surface area contributed by atoms with Crippen LogP contribution in [-0.2, 0) is 14.5 Å². The van der Waals surface area contributed by atoms with Gasteiger partial charge in [-0.2, -0.15) is 4.99 Å². The Balaban J connectivity index is 1.87. The summed E-state index contributed by atoms with van der Waals surface area (Å²) >= 11 is 0. The highest BCUT2D eigenvalue weighted by Gasteiger charge is 2.62. The first-order chi connectivity index (χ1) is 10.6. The van der Waals surface area contributed by atoms with Crippen molar-refractivity contribution in [3.63, 3.8) is 0 Å². The quantitative estimate of drug-likeness (QED) is 0.469. The topological polar surface area (TPSA) is 141 Å². The third kappa shape index (κ3) is 4.31. The van der Waals surface area contributed by atoms with Gasteiger partial charge < -0.3 is 21.1 Å². The van der Waals surface area contributed by atoms with Crippen molar-refractivity contribution < 1.29 is 28.9 Å². The van der Waals surface area contributed by atoms with Crippen LogP contribution in [-0.4, -0.2) is 48.7 Å². The van der Waals surface area contributed by atoms with E-state index in [-0.39, 0.29) is 0 Å². The van der Waals surface area contributed by atoms with Crippen LogP contribution < -0.4 is 16.4 Å². The van der Waals surface area contributed by atoms with Crippen LogP contribution in [0.15, 0.2) is 4.99 Å². The molecule has 2 aliphatic rings. The van der Waals surface area contributed by atoms with Crippen LogP contribution in [0.5, 0.6) is 0 Å². The third-order valence-corrected chi connectivity index (χ3v) is 3.46. The fraction of sp³-hybridized carbons (Fsp3) is 0.692. The number of carbonyl (C=O) groups is 3. The highest BCUT2D eigenvalue weighted by atomic mass is 17.2. The molecule has 0 aromatic heterocycles. The lowest BCUT2D eigenvalue weighted by Crippen LogP contribution is -2.41. The monoisotopic (exact) mass is 328 g/mol. The lowest BCUT2D eigenvalue weighted by molar-refractivity contribution is -0.176. The minimum absolute atomic E-state index is 0.349. The molecule has 0 aromatic carbocycles. The summed E-state index contributed by atoms with van der Waals surface area (Å²) in [6, 6.07) is 0. The normalized spacial score (nSPS) is 27.6. The summed E-state index contributed by atoms with van der Waals surface area (Å²) in [4.78, 5) is 46.3. The molecule has 0 unspecified atom stereocenters. The maximum Gasteiger partial charge on any atom is 0.476 e. The van der Waals surface area contributed by atoms with Crippen LogP contribution in [0.4, 0.5) is 14.4 Å². The summed E-state index contributed by atoms with van der Waals surface area (Å²) in [6.45, 7) is 6.10. The largest absolute Gasteiger partial charge is 0.476 e. The predicted octanol–water partition coefficient (Wildman–Crippen LogP) is 0.461. The van der Waals surface area contributed by atoms with E-state index in [9.17, 15) is 14.4 Å². The van der Waals surface area contributed by atoms with E-state index >= 15 is 0 Å². The number of carbonyl (C=O) groups excluding carboxylic acids is 3. The van der Waals surface area contributed by atoms with Crippen molar-refractivity contribution in [2.75, 3.05) is 13.1 Å². The molecule has 0 aromatic rings. The third-order valence-electron chi connectivity index (χ3n) is 3.46. The Morgan fingerprint density at radius 3 is 2.65 bits per heavy atom. The number of nitrogens with one attached hydrogen (secondary N) is 2. The van der Waals surface area contributed by atoms with Gasteiger partial charge in [-0.15, -0.1) is 0 Å². The molecule has 128 valence electrons. The second-order valence-electron chi connectivity index (χ2n) is 6.54. The van der Waals surface area contributed by atoms with Gasteiger partial charge in [-0.25, -0.2) is 24.2 Å². The molecule has 1 aliphatic heterocycles. The van der Waals surface area contributed by atoms with Crippen molar-refractivity contribution in [1.29, 1.82) is 0 Å². The molecule has 3 amide bonds. The van der Waals surface area contributed by atoms with E-state index in [0.29, 0.717) is 25.2 Å². The zero-order chi connectivity index (χ0) is 17.3. The average Bonchev–Trinajstić information content (AvgIpc) is 2.90. The van der Waals surface area contributed by atoms with Crippen molar-refractivity contribution in [3.8, 4) is 0 Å². The van der Waals surface area contributed by atoms with Gasteiger partial charge in [0.05, 0.1) is 11.1 Å². The van der Waals surface area contributed by atoms with Crippen molar-refractivity contribution in [2.24, 2.45) is 16.1 Å². The Labute approximate surface area is 132 Å². The molecule has 1 aliphatic carbocycles. The van der Waals surface area contributed by atoms with Crippen LogP contribution in [0.1, 0.15) is 27.2 Å². The summed E-state index contributed by atoms with van der Waals surface area (Å²) in [5, 5.41) is 5.49. The minimum atomic E-state index is -1.06. The lowest BCUT2D eigenvalue weighted by atomic mass is 10.0. The molecular weight excluding hydrogens is 308 g/mol. The van der Waals surface area contributed by atoms with Gasteiger partial charge in [0.1, 0.15) is 6.10 Å². The molecule has 1 spiro atoms. The molecule has 1 heterocycles. The number of aliphatic imine (C=N–C) groups is 1. The SMILES string of the molecule is CC(C)(C)NC(=O)OOC(=O)/N=C1\CNC[C@]12C[C@H]2OC(N)=O. The van der Waals surface area contributed by atoms with Gasteiger partial charge in [-0.1, -0.05) is 0 Å². The second kappa shape index (κ2) is 6.03. The Morgan fingerprint density at radius 1 is 1.35 bits per heavy atom. The van der Waals surface area contributed by atoms with Crippen LogP contribution in [0.3, 0.4) is 0 Å². The summed E-state index contributed by atoms with van der Waals surface area (Å²) in [6.07, 6.45) is -2.71. The van der Waals surface area contributed by atoms with Gasteiger partial charge in [0.15, 0.2) is 0 Å². The van der Waals surface area contributed by atoms with Gasteiger partial charge in [-0.3, -0.25) is 0 Å². The Hall–Kier alpha value is -2.36. The molecule has 4 N–H and O–H groups in total. The van der Waals surface area contributed by atoms with Gasteiger partial charge in [0.25, 0.3) is 0 Å². The van der Waals surface area contributed by atoms with Crippen LogP contribution in [0.2, 0.25) is 0 Å². The van der Waals surface area contributed by atoms with E-state index in [1.165, 1.54) is 0 Å². The molecule has 0 bridgehead atoms. The summed E-state index contributed by atoms with van der Waals surface area (Å²) in [5.41, 5.74) is 4.41. The smallest absolute Gasteiger partial charge is 0.445 e. The molecule has 10 nitrogen and oxygen atoms in total. The van der Waals surface area contributed by atoms with Crippen molar-refractivity contribution >= 4 is 24.0 Å². The number of ether oxygens (including phenoxy) is 1. The molecule has 23 heavy (non-hydrogen) atoms. The standard InChI is InChI=1S/C13H20N4O6/c1-12(2,3)17-11(20)23-22-10(19)16-7-5-15-6-13(7)4-8(13)21-9(14)18/h8,15H,4-6H2,1-3H3,(H2,14,18)(H,17,20)/b16-7+/t8-,13-/m1/s1. The number of primary amides is 1. The first kappa shape index (κ1) is 17.0. The average molecular weight is 328 g/mol. The number of rotatable bonds is 1. The fourth-order valence-electron chi connectivity index (χ4n) is 2.42. The highest BCUT2D eigenvalue weighted by Crippen LogP contribution is 2.51. The second-order valence-corrected chi connectivity index (χ2v) is 6.54. The van der Waals surface area contributed by atoms with E-state index in [2.05, 4.69) is 25.4 Å². The van der Waals surface area contributed by atoms with Crippen molar-refractivity contribution in [2.45, 2.75) is 38.8 Å². The highest BCUT2D eigenvalue weighted by molar-refractivity contribution is 6.03. The van der Waals surface area contributed by atoms with Gasteiger partial charge in [-0.05, 0) is 20.8 Å². The van der Waals surface area contributed by atoms with Gasteiger partial charge >= 0.3 is 18.3 Å². The number of nitrogens with zero attached hydrogens (tertiary/aromatic N) is 1. The Morgan fingerprint density at radius 2 is 2.04 bits per heavy atom. The van der Waals surface area contributed by atoms with E-state index in [1.807, 2.05) is 0 Å². The van der Waals surface area contributed by atoms with Crippen LogP contribution in [0.25, 0.3) is 0 Å². The first-order valence-electron chi connectivity index (χ1n) is 7.08. The van der Waals surface area contributed by atoms with Crippen LogP contribution >= 0.6 is 0 Å². The maximum absolute atomic E-state index is 11.6. The summed E-state index contributed by atoms with van der Waals surface area (Å²) in [5.74, 6) is 0. The van der Waals surface area contributed by atoms with Crippen molar-refractivity contribution in [1.82, 2.24) is 10.6 Å². The van der Waals surface area contributed by atoms with Crippen LogP contribution in [0, 0.1) is 5.41 Å². The zero-order valence-corrected chi connectivity index (χ0v) is 13.2. The Kier molecular flexibility index (Phi) is 4.46. The molecule has 1 saturated carbocycles. The van der Waals surface area contributed by atoms with E-state index in [0.717, 1.165) is 0 Å². The van der Waals surface area contributed by atoms with E-state index < -0.39 is 35.3 Å². The molecule has 2 fully saturated rings. The van der Waals surface area contributed by atoms with Crippen molar-refractivity contribution in [3.05, 3.63) is 0 Å². The summed E-state index contributed by atoms with van der Waals surface area (Å²) in [7, 11) is 0. The molecule has 0 radical (unpaired) electrons. The predicted molar refractivity (Wildman–Crippen MR) is 77.7 cm³/mol. The zero-order valence-electron chi connectivity index (χ0n) is 13.2. The molecular formula is C13H20N4O6. The maximum atomic E-state index is 11.6. The fourth-order valence-corrected chi connectivity index (χ4v) is 2.42. The molecule has 10 heteroatoms. The summed E-state index contributed by atoms with van der Waals surface area (Å²) < 4.78 is 4.93. The molecule has 2 atom stereocenters. The van der Waals surface area contributed by atoms with Gasteiger partial charge in [0.2, 0.25) is 0 Å². The minimum Gasteiger partial charge on any atom is -0.445 e. The van der Waals surface area contributed by atoms with Gasteiger partial charge in [0, 0.05) is 25.0 Å². The molecule has 1 saturated heterocycles. The number of hydrogen-bond donors (Lipinski definition) is 3. The number of amides is 3. The number of hydrogen-bond acceptors (Lipinski definition) is 7. The number of nitrogens with two attached hydrogens (primary N) is 1. The van der Waals surface area contributed by atoms with E-state index in [1.54, 1.807) is 20.8 Å². The first-order valence-corrected chi connectivity index (χ1v) is 7.08.